The molecule has 4 nitrogen and oxygen atoms in total. The van der Waals surface area contributed by atoms with Gasteiger partial charge in [0.15, 0.2) is 12.1 Å². The standard InChI is InChI=1S/C14H12ClFN2O2/c15-10-3-1-2-9(11(10)16)6-17-14(19)12-13(8-4-5-8)20-7-18-12/h1-3,7-8H,4-6H2,(H,17,19). The first-order valence-electron chi connectivity index (χ1n) is 6.31. The fraction of sp³-hybridized carbons (Fsp3) is 0.286. The number of nitrogens with zero attached hydrogens (tertiary/aromatic N) is 1. The van der Waals surface area contributed by atoms with Gasteiger partial charge >= 0.3 is 0 Å². The Morgan fingerprint density at radius 1 is 1.50 bits per heavy atom. The molecule has 0 spiro atoms. The predicted octanol–water partition coefficient (Wildman–Crippen LogP) is 3.27. The number of benzene rings is 1. The summed E-state index contributed by atoms with van der Waals surface area (Å²) in [7, 11) is 0. The average molecular weight is 295 g/mol. The summed E-state index contributed by atoms with van der Waals surface area (Å²) in [5, 5.41) is 2.67. The quantitative estimate of drug-likeness (QED) is 0.941. The smallest absolute Gasteiger partial charge is 0.273 e. The van der Waals surface area contributed by atoms with Gasteiger partial charge in [-0.2, -0.15) is 0 Å². The molecule has 1 fully saturated rings. The molecule has 2 aromatic rings. The molecule has 1 N–H and O–H groups in total. The number of halogens is 2. The Kier molecular flexibility index (Phi) is 3.44. The third kappa shape index (κ3) is 2.54. The number of amides is 1. The maximum Gasteiger partial charge on any atom is 0.273 e. The van der Waals surface area contributed by atoms with E-state index in [0.717, 1.165) is 12.8 Å². The Morgan fingerprint density at radius 2 is 2.30 bits per heavy atom. The van der Waals surface area contributed by atoms with Gasteiger partial charge < -0.3 is 9.73 Å². The van der Waals surface area contributed by atoms with Crippen molar-refractivity contribution in [3.8, 4) is 0 Å². The van der Waals surface area contributed by atoms with Crippen LogP contribution in [0.5, 0.6) is 0 Å². The molecular formula is C14H12ClFN2O2. The number of hydrogen-bond acceptors (Lipinski definition) is 3. The topological polar surface area (TPSA) is 55.1 Å². The first-order chi connectivity index (χ1) is 9.66. The fourth-order valence-electron chi connectivity index (χ4n) is 2.01. The number of oxazole rings is 1. The summed E-state index contributed by atoms with van der Waals surface area (Å²) in [4.78, 5) is 16.0. The van der Waals surface area contributed by atoms with Crippen molar-refractivity contribution in [2.45, 2.75) is 25.3 Å². The van der Waals surface area contributed by atoms with Crippen LogP contribution >= 0.6 is 11.6 Å². The van der Waals surface area contributed by atoms with E-state index in [9.17, 15) is 9.18 Å². The molecule has 1 amide bonds. The minimum atomic E-state index is -0.517. The van der Waals surface area contributed by atoms with Crippen molar-refractivity contribution in [3.05, 3.63) is 52.5 Å². The monoisotopic (exact) mass is 294 g/mol. The van der Waals surface area contributed by atoms with Crippen LogP contribution in [0.25, 0.3) is 0 Å². The lowest BCUT2D eigenvalue weighted by Crippen LogP contribution is -2.24. The molecule has 1 aromatic carbocycles. The van der Waals surface area contributed by atoms with Crippen molar-refractivity contribution in [2.24, 2.45) is 0 Å². The van der Waals surface area contributed by atoms with E-state index in [1.807, 2.05) is 0 Å². The first kappa shape index (κ1) is 13.1. The molecule has 0 radical (unpaired) electrons. The van der Waals surface area contributed by atoms with Gasteiger partial charge in [-0.05, 0) is 18.9 Å². The van der Waals surface area contributed by atoms with E-state index >= 15 is 0 Å². The highest BCUT2D eigenvalue weighted by Crippen LogP contribution is 2.41. The molecule has 104 valence electrons. The SMILES string of the molecule is O=C(NCc1cccc(Cl)c1F)c1ncoc1C1CC1. The zero-order valence-electron chi connectivity index (χ0n) is 10.5. The van der Waals surface area contributed by atoms with Crippen LogP contribution in [0.15, 0.2) is 29.0 Å². The van der Waals surface area contributed by atoms with Gasteiger partial charge in [0.05, 0.1) is 5.02 Å². The highest BCUT2D eigenvalue weighted by Gasteiger charge is 2.32. The summed E-state index contributed by atoms with van der Waals surface area (Å²) in [6.45, 7) is 0.0577. The second kappa shape index (κ2) is 5.25. The molecule has 0 atom stereocenters. The van der Waals surface area contributed by atoms with Gasteiger partial charge in [0, 0.05) is 18.0 Å². The Hall–Kier alpha value is -1.88. The molecule has 0 saturated heterocycles. The lowest BCUT2D eigenvalue weighted by atomic mass is 10.2. The number of carbonyl (C=O) groups excluding carboxylic acids is 1. The number of carbonyl (C=O) groups is 1. The second-order valence-corrected chi connectivity index (χ2v) is 5.14. The largest absolute Gasteiger partial charge is 0.447 e. The molecule has 0 unspecified atom stereocenters. The number of nitrogens with one attached hydrogen (secondary N) is 1. The molecule has 0 bridgehead atoms. The van der Waals surface area contributed by atoms with Crippen LogP contribution in [0.1, 0.15) is 40.6 Å². The van der Waals surface area contributed by atoms with Crippen molar-refractivity contribution in [3.63, 3.8) is 0 Å². The minimum absolute atomic E-state index is 0.0388. The van der Waals surface area contributed by atoms with E-state index < -0.39 is 5.82 Å². The summed E-state index contributed by atoms with van der Waals surface area (Å²) in [5.74, 6) is 0.0345. The lowest BCUT2D eigenvalue weighted by Gasteiger charge is -2.06. The predicted molar refractivity (Wildman–Crippen MR) is 71.1 cm³/mol. The van der Waals surface area contributed by atoms with Crippen molar-refractivity contribution in [2.75, 3.05) is 0 Å². The molecule has 1 aliphatic carbocycles. The van der Waals surface area contributed by atoms with Crippen LogP contribution < -0.4 is 5.32 Å². The third-order valence-corrected chi connectivity index (χ3v) is 3.52. The van der Waals surface area contributed by atoms with Crippen LogP contribution in [0, 0.1) is 5.82 Å². The van der Waals surface area contributed by atoms with Gasteiger partial charge in [-0.1, -0.05) is 23.7 Å². The van der Waals surface area contributed by atoms with Gasteiger partial charge in [0.25, 0.3) is 5.91 Å². The summed E-state index contributed by atoms with van der Waals surface area (Å²) < 4.78 is 18.9. The van der Waals surface area contributed by atoms with Gasteiger partial charge in [0.1, 0.15) is 11.6 Å². The van der Waals surface area contributed by atoms with Gasteiger partial charge in [-0.15, -0.1) is 0 Å². The summed E-state index contributed by atoms with van der Waals surface area (Å²) in [6, 6.07) is 4.68. The van der Waals surface area contributed by atoms with Crippen molar-refractivity contribution in [1.29, 1.82) is 0 Å². The second-order valence-electron chi connectivity index (χ2n) is 4.74. The Balaban J connectivity index is 1.70. The molecule has 20 heavy (non-hydrogen) atoms. The Bertz CT molecular complexity index is 652. The molecule has 1 aliphatic rings. The van der Waals surface area contributed by atoms with Crippen LogP contribution in [-0.2, 0) is 6.54 Å². The van der Waals surface area contributed by atoms with E-state index in [1.54, 1.807) is 12.1 Å². The molecule has 3 rings (SSSR count). The zero-order valence-corrected chi connectivity index (χ0v) is 11.3. The first-order valence-corrected chi connectivity index (χ1v) is 6.69. The lowest BCUT2D eigenvalue weighted by molar-refractivity contribution is 0.0944. The maximum absolute atomic E-state index is 13.7. The van der Waals surface area contributed by atoms with Crippen LogP contribution in [0.3, 0.4) is 0 Å². The van der Waals surface area contributed by atoms with Crippen LogP contribution in [0.2, 0.25) is 5.02 Å². The van der Waals surface area contributed by atoms with Gasteiger partial charge in [0.2, 0.25) is 0 Å². The number of hydrogen-bond donors (Lipinski definition) is 1. The zero-order chi connectivity index (χ0) is 14.1. The number of aromatic nitrogens is 1. The Labute approximate surface area is 120 Å². The third-order valence-electron chi connectivity index (χ3n) is 3.23. The van der Waals surface area contributed by atoms with Crippen molar-refractivity contribution < 1.29 is 13.6 Å². The average Bonchev–Trinajstić information content (AvgIpc) is 3.17. The van der Waals surface area contributed by atoms with Crippen LogP contribution in [-0.4, -0.2) is 10.9 Å². The summed E-state index contributed by atoms with van der Waals surface area (Å²) >= 11 is 5.69. The molecule has 1 aromatic heterocycles. The van der Waals surface area contributed by atoms with Crippen LogP contribution in [0.4, 0.5) is 4.39 Å². The maximum atomic E-state index is 13.7. The Morgan fingerprint density at radius 3 is 3.05 bits per heavy atom. The molecule has 6 heteroatoms. The van der Waals surface area contributed by atoms with E-state index in [2.05, 4.69) is 10.3 Å². The minimum Gasteiger partial charge on any atom is -0.447 e. The van der Waals surface area contributed by atoms with Crippen molar-refractivity contribution >= 4 is 17.5 Å². The van der Waals surface area contributed by atoms with Crippen molar-refractivity contribution in [1.82, 2.24) is 10.3 Å². The van der Waals surface area contributed by atoms with E-state index in [-0.39, 0.29) is 23.2 Å². The van der Waals surface area contributed by atoms with E-state index in [1.165, 1.54) is 12.5 Å². The molecular weight excluding hydrogens is 283 g/mol. The molecule has 0 aliphatic heterocycles. The summed E-state index contributed by atoms with van der Waals surface area (Å²) in [6.07, 6.45) is 3.29. The van der Waals surface area contributed by atoms with Gasteiger partial charge in [-0.25, -0.2) is 9.37 Å². The molecule has 1 heterocycles. The molecule has 1 saturated carbocycles. The summed E-state index contributed by atoms with van der Waals surface area (Å²) in [5.41, 5.74) is 0.622. The van der Waals surface area contributed by atoms with Gasteiger partial charge in [-0.3, -0.25) is 4.79 Å². The normalized spacial score (nSPS) is 14.3. The number of rotatable bonds is 4. The highest BCUT2D eigenvalue weighted by molar-refractivity contribution is 6.30. The van der Waals surface area contributed by atoms with E-state index in [0.29, 0.717) is 17.2 Å². The highest BCUT2D eigenvalue weighted by atomic mass is 35.5. The fourth-order valence-corrected chi connectivity index (χ4v) is 2.20. The van der Waals surface area contributed by atoms with E-state index in [4.69, 9.17) is 16.0 Å².